The molecule has 0 aliphatic heterocycles. The number of hydrogen-bond acceptors (Lipinski definition) is 6. The van der Waals surface area contributed by atoms with Crippen LogP contribution in [0.25, 0.3) is 10.9 Å². The van der Waals surface area contributed by atoms with E-state index in [0.29, 0.717) is 19.6 Å². The Morgan fingerprint density at radius 3 is 2.51 bits per heavy atom. The van der Waals surface area contributed by atoms with Gasteiger partial charge in [-0.1, -0.05) is 54.6 Å². The average Bonchev–Trinajstić information content (AvgIpc) is 3.63. The number of carbonyl (C=O) groups excluding carboxylic acids is 1. The summed E-state index contributed by atoms with van der Waals surface area (Å²) in [6.07, 6.45) is 4.21. The molecule has 0 radical (unpaired) electrons. The summed E-state index contributed by atoms with van der Waals surface area (Å²) in [4.78, 5) is 15.1. The second kappa shape index (κ2) is 12.3. The van der Waals surface area contributed by atoms with Gasteiger partial charge in [0.15, 0.2) is 0 Å². The highest BCUT2D eigenvalue weighted by atomic mass is 16.5. The number of H-pyrrole nitrogens is 1. The predicted molar refractivity (Wildman–Crippen MR) is 149 cm³/mol. The predicted octanol–water partition coefficient (Wildman–Crippen LogP) is 4.23. The number of likely N-dealkylation sites (N-methyl/N-ethyl adjacent to an activating group) is 1. The Labute approximate surface area is 227 Å². The first-order valence-corrected chi connectivity index (χ1v) is 13.0. The van der Waals surface area contributed by atoms with Crippen molar-refractivity contribution in [3.8, 4) is 11.5 Å². The highest BCUT2D eigenvalue weighted by Crippen LogP contribution is 2.31. The number of ether oxygens (including phenoxy) is 2. The van der Waals surface area contributed by atoms with E-state index in [1.807, 2.05) is 78.3 Å². The SMILES string of the molecule is COc1ccc(CCN(C)C(=O)Cn2cc(CCc3nnn[nH]3)c3cccc(OCc4ccccc4)c32)cc1. The first-order chi connectivity index (χ1) is 19.1. The maximum atomic E-state index is 13.3. The fraction of sp³-hybridized carbons (Fsp3) is 0.267. The van der Waals surface area contributed by atoms with Crippen molar-refractivity contribution >= 4 is 16.8 Å². The monoisotopic (exact) mass is 524 g/mol. The van der Waals surface area contributed by atoms with Crippen LogP contribution in [0, 0.1) is 0 Å². The van der Waals surface area contributed by atoms with Gasteiger partial charge in [0.05, 0.1) is 12.6 Å². The third-order valence-corrected chi connectivity index (χ3v) is 6.83. The van der Waals surface area contributed by atoms with Gasteiger partial charge in [-0.2, -0.15) is 0 Å². The van der Waals surface area contributed by atoms with E-state index in [0.717, 1.165) is 57.8 Å². The van der Waals surface area contributed by atoms with Gasteiger partial charge in [-0.25, -0.2) is 5.10 Å². The molecule has 0 saturated heterocycles. The number of aromatic nitrogens is 5. The lowest BCUT2D eigenvalue weighted by atomic mass is 10.1. The van der Waals surface area contributed by atoms with Crippen molar-refractivity contribution in [2.45, 2.75) is 32.4 Å². The summed E-state index contributed by atoms with van der Waals surface area (Å²) in [5.74, 6) is 2.33. The molecule has 0 atom stereocenters. The molecule has 0 unspecified atom stereocenters. The number of aromatic amines is 1. The molecule has 5 rings (SSSR count). The molecule has 9 nitrogen and oxygen atoms in total. The first-order valence-electron chi connectivity index (χ1n) is 13.0. The van der Waals surface area contributed by atoms with Crippen LogP contribution in [-0.4, -0.2) is 56.7 Å². The van der Waals surface area contributed by atoms with Gasteiger partial charge in [-0.15, -0.1) is 5.10 Å². The number of hydrogen-bond donors (Lipinski definition) is 1. The number of methoxy groups -OCH3 is 1. The quantitative estimate of drug-likeness (QED) is 0.262. The number of aryl methyl sites for hydroxylation is 2. The molecule has 2 aromatic heterocycles. The zero-order valence-electron chi connectivity index (χ0n) is 22.2. The van der Waals surface area contributed by atoms with E-state index in [4.69, 9.17) is 9.47 Å². The first kappa shape index (κ1) is 26.0. The minimum absolute atomic E-state index is 0.0317. The van der Waals surface area contributed by atoms with Crippen LogP contribution in [0.2, 0.25) is 0 Å². The van der Waals surface area contributed by atoms with Gasteiger partial charge in [-0.3, -0.25) is 4.79 Å². The summed E-state index contributed by atoms with van der Waals surface area (Å²) in [6.45, 7) is 1.28. The summed E-state index contributed by atoms with van der Waals surface area (Å²) < 4.78 is 13.5. The van der Waals surface area contributed by atoms with Crippen LogP contribution in [0.4, 0.5) is 0 Å². The van der Waals surface area contributed by atoms with E-state index in [9.17, 15) is 4.79 Å². The van der Waals surface area contributed by atoms with E-state index in [1.54, 1.807) is 12.0 Å². The zero-order chi connectivity index (χ0) is 27.0. The molecule has 5 aromatic rings. The molecule has 1 N–H and O–H groups in total. The van der Waals surface area contributed by atoms with Gasteiger partial charge in [0.2, 0.25) is 5.91 Å². The summed E-state index contributed by atoms with van der Waals surface area (Å²) in [5, 5.41) is 15.2. The summed E-state index contributed by atoms with van der Waals surface area (Å²) in [5.41, 5.74) is 4.26. The number of para-hydroxylation sites is 1. The molecule has 0 aliphatic carbocycles. The van der Waals surface area contributed by atoms with Crippen molar-refractivity contribution in [3.63, 3.8) is 0 Å². The number of rotatable bonds is 12. The Bertz CT molecular complexity index is 1500. The highest BCUT2D eigenvalue weighted by Gasteiger charge is 2.18. The fourth-order valence-electron chi connectivity index (χ4n) is 4.59. The van der Waals surface area contributed by atoms with Gasteiger partial charge < -0.3 is 18.9 Å². The smallest absolute Gasteiger partial charge is 0.242 e. The largest absolute Gasteiger partial charge is 0.497 e. The minimum atomic E-state index is 0.0317. The van der Waals surface area contributed by atoms with Gasteiger partial charge >= 0.3 is 0 Å². The van der Waals surface area contributed by atoms with Gasteiger partial charge in [-0.05, 0) is 58.2 Å². The highest BCUT2D eigenvalue weighted by molar-refractivity contribution is 5.90. The zero-order valence-corrected chi connectivity index (χ0v) is 22.2. The molecule has 0 saturated carbocycles. The van der Waals surface area contributed by atoms with Crippen molar-refractivity contribution in [1.82, 2.24) is 30.1 Å². The third-order valence-electron chi connectivity index (χ3n) is 6.83. The summed E-state index contributed by atoms with van der Waals surface area (Å²) in [7, 11) is 3.50. The number of nitrogens with zero attached hydrogens (tertiary/aromatic N) is 5. The molecule has 1 amide bonds. The topological polar surface area (TPSA) is 98.2 Å². The molecule has 0 fully saturated rings. The van der Waals surface area contributed by atoms with Gasteiger partial charge in [0.25, 0.3) is 0 Å². The maximum Gasteiger partial charge on any atom is 0.242 e. The molecule has 2 heterocycles. The lowest BCUT2D eigenvalue weighted by molar-refractivity contribution is -0.130. The van der Waals surface area contributed by atoms with E-state index < -0.39 is 0 Å². The lowest BCUT2D eigenvalue weighted by Crippen LogP contribution is -2.31. The van der Waals surface area contributed by atoms with Crippen molar-refractivity contribution < 1.29 is 14.3 Å². The van der Waals surface area contributed by atoms with E-state index >= 15 is 0 Å². The molecule has 0 aliphatic rings. The van der Waals surface area contributed by atoms with Crippen LogP contribution < -0.4 is 9.47 Å². The third kappa shape index (κ3) is 6.43. The Morgan fingerprint density at radius 1 is 0.949 bits per heavy atom. The number of carbonyl (C=O) groups is 1. The molecule has 3 aromatic carbocycles. The molecular formula is C30H32N6O3. The van der Waals surface area contributed by atoms with Crippen LogP contribution in [0.3, 0.4) is 0 Å². The van der Waals surface area contributed by atoms with E-state index in [1.165, 1.54) is 0 Å². The van der Waals surface area contributed by atoms with Crippen molar-refractivity contribution in [2.75, 3.05) is 20.7 Å². The molecule has 9 heteroatoms. The normalized spacial score (nSPS) is 11.0. The summed E-state index contributed by atoms with van der Waals surface area (Å²) >= 11 is 0. The van der Waals surface area contributed by atoms with Gasteiger partial charge in [0.1, 0.15) is 30.5 Å². The summed E-state index contributed by atoms with van der Waals surface area (Å²) in [6, 6.07) is 24.0. The number of fused-ring (bicyclic) bond motifs is 1. The maximum absolute atomic E-state index is 13.3. The minimum Gasteiger partial charge on any atom is -0.497 e. The van der Waals surface area contributed by atoms with Crippen molar-refractivity contribution in [3.05, 3.63) is 102 Å². The Morgan fingerprint density at radius 2 is 1.77 bits per heavy atom. The second-order valence-corrected chi connectivity index (χ2v) is 9.47. The van der Waals surface area contributed by atoms with Crippen LogP contribution >= 0.6 is 0 Å². The lowest BCUT2D eigenvalue weighted by Gasteiger charge is -2.18. The van der Waals surface area contributed by atoms with Gasteiger partial charge in [0, 0.05) is 31.6 Å². The fourth-order valence-corrected chi connectivity index (χ4v) is 4.59. The van der Waals surface area contributed by atoms with Crippen LogP contribution in [0.1, 0.15) is 22.5 Å². The number of benzene rings is 3. The number of nitrogens with one attached hydrogen (secondary N) is 1. The molecule has 39 heavy (non-hydrogen) atoms. The molecule has 0 bridgehead atoms. The van der Waals surface area contributed by atoms with Crippen LogP contribution in [0.5, 0.6) is 11.5 Å². The van der Waals surface area contributed by atoms with Crippen LogP contribution in [-0.2, 0) is 37.2 Å². The molecular weight excluding hydrogens is 492 g/mol. The van der Waals surface area contributed by atoms with Crippen LogP contribution in [0.15, 0.2) is 79.0 Å². The molecule has 200 valence electrons. The molecule has 0 spiro atoms. The number of amides is 1. The Hall–Kier alpha value is -4.66. The Balaban J connectivity index is 1.35. The average molecular weight is 525 g/mol. The van der Waals surface area contributed by atoms with Crippen molar-refractivity contribution in [1.29, 1.82) is 0 Å². The number of tetrazole rings is 1. The standard InChI is InChI=1S/C30H32N6O3/c1-35(18-17-22-11-14-25(38-2)15-12-22)29(37)20-36-19-24(13-16-28-31-33-34-32-28)26-9-6-10-27(30(26)36)39-21-23-7-4-3-5-8-23/h3-12,14-15,19H,13,16-18,20-21H2,1-2H3,(H,31,32,33,34). The van der Waals surface area contributed by atoms with E-state index in [-0.39, 0.29) is 12.5 Å². The second-order valence-electron chi connectivity index (χ2n) is 9.47. The Kier molecular flexibility index (Phi) is 8.16. The van der Waals surface area contributed by atoms with Crippen molar-refractivity contribution in [2.24, 2.45) is 0 Å². The van der Waals surface area contributed by atoms with E-state index in [2.05, 4.69) is 32.9 Å².